The number of rotatable bonds is 5. The van der Waals surface area contributed by atoms with E-state index in [4.69, 9.17) is 4.99 Å². The van der Waals surface area contributed by atoms with Gasteiger partial charge in [0.05, 0.1) is 0 Å². The summed E-state index contributed by atoms with van der Waals surface area (Å²) >= 11 is 0. The van der Waals surface area contributed by atoms with Gasteiger partial charge < -0.3 is 15.2 Å². The monoisotopic (exact) mass is 473 g/mol. The fourth-order valence-corrected chi connectivity index (χ4v) is 3.99. The minimum atomic E-state index is 0. The fraction of sp³-hybridized carbons (Fsp3) is 0.833. The molecule has 0 aromatic carbocycles. The lowest BCUT2D eigenvalue weighted by molar-refractivity contribution is 0.242. The minimum Gasteiger partial charge on any atom is -0.354 e. The molecular formula is C18H32IN7. The third-order valence-corrected chi connectivity index (χ3v) is 5.88. The number of aryl methyl sites for hydroxylation is 1. The largest absolute Gasteiger partial charge is 0.354 e. The molecule has 26 heavy (non-hydrogen) atoms. The molecule has 4 rings (SSSR count). The number of nitrogens with zero attached hydrogens (tertiary/aromatic N) is 5. The summed E-state index contributed by atoms with van der Waals surface area (Å²) in [6, 6.07) is 1.93. The molecule has 2 saturated carbocycles. The third kappa shape index (κ3) is 4.88. The Morgan fingerprint density at radius 1 is 1.08 bits per heavy atom. The highest BCUT2D eigenvalue weighted by atomic mass is 127. The quantitative estimate of drug-likeness (QED) is 0.389. The molecule has 0 radical (unpaired) electrons. The van der Waals surface area contributed by atoms with Crippen LogP contribution < -0.4 is 10.6 Å². The van der Waals surface area contributed by atoms with Crippen LogP contribution in [0.15, 0.2) is 4.99 Å². The second-order valence-electron chi connectivity index (χ2n) is 7.87. The Kier molecular flexibility index (Phi) is 6.76. The Hall–Kier alpha value is -0.900. The average Bonchev–Trinajstić information content (AvgIpc) is 3.01. The molecule has 0 spiro atoms. The van der Waals surface area contributed by atoms with Crippen molar-refractivity contribution in [2.24, 2.45) is 12.0 Å². The highest BCUT2D eigenvalue weighted by molar-refractivity contribution is 14.0. The summed E-state index contributed by atoms with van der Waals surface area (Å²) in [5, 5.41) is 15.6. The van der Waals surface area contributed by atoms with Gasteiger partial charge in [-0.15, -0.1) is 34.2 Å². The van der Waals surface area contributed by atoms with E-state index >= 15 is 0 Å². The van der Waals surface area contributed by atoms with Crippen LogP contribution in [0, 0.1) is 6.92 Å². The predicted octanol–water partition coefficient (Wildman–Crippen LogP) is 1.96. The van der Waals surface area contributed by atoms with Gasteiger partial charge in [-0.25, -0.2) is 4.99 Å². The van der Waals surface area contributed by atoms with Gasteiger partial charge in [0.25, 0.3) is 0 Å². The van der Waals surface area contributed by atoms with Crippen molar-refractivity contribution in [3.8, 4) is 0 Å². The Labute approximate surface area is 173 Å². The van der Waals surface area contributed by atoms with Crippen molar-refractivity contribution in [3.05, 3.63) is 11.6 Å². The van der Waals surface area contributed by atoms with E-state index < -0.39 is 0 Å². The van der Waals surface area contributed by atoms with Gasteiger partial charge in [0.2, 0.25) is 0 Å². The van der Waals surface area contributed by atoms with Crippen LogP contribution in [-0.4, -0.2) is 56.8 Å². The number of aromatic nitrogens is 3. The summed E-state index contributed by atoms with van der Waals surface area (Å²) in [6.07, 6.45) is 9.31. The van der Waals surface area contributed by atoms with Gasteiger partial charge in [-0.1, -0.05) is 12.8 Å². The Bertz CT molecular complexity index is 619. The van der Waals surface area contributed by atoms with E-state index in [1.807, 2.05) is 18.5 Å². The number of hydrogen-bond donors (Lipinski definition) is 2. The zero-order valence-electron chi connectivity index (χ0n) is 15.9. The zero-order valence-corrected chi connectivity index (χ0v) is 18.3. The molecule has 2 aliphatic carbocycles. The lowest BCUT2D eigenvalue weighted by Gasteiger charge is -2.24. The van der Waals surface area contributed by atoms with Crippen LogP contribution in [0.25, 0.3) is 0 Å². The molecule has 1 unspecified atom stereocenters. The molecule has 8 heteroatoms. The van der Waals surface area contributed by atoms with E-state index in [-0.39, 0.29) is 24.0 Å². The summed E-state index contributed by atoms with van der Waals surface area (Å²) in [5.41, 5.74) is 0. The van der Waals surface area contributed by atoms with Gasteiger partial charge in [0.15, 0.2) is 11.8 Å². The SMILES string of the molecule is Cc1nnc(CN=C(NC2CC2)NC2CCN(C3CCCC3)C2)n1C.I. The average molecular weight is 473 g/mol. The van der Waals surface area contributed by atoms with Gasteiger partial charge >= 0.3 is 0 Å². The molecular weight excluding hydrogens is 441 g/mol. The topological polar surface area (TPSA) is 70.4 Å². The van der Waals surface area contributed by atoms with Crippen molar-refractivity contribution in [1.82, 2.24) is 30.3 Å². The molecule has 1 aromatic heterocycles. The van der Waals surface area contributed by atoms with Crippen LogP contribution in [0.2, 0.25) is 0 Å². The number of hydrogen-bond acceptors (Lipinski definition) is 4. The van der Waals surface area contributed by atoms with Crippen LogP contribution in [-0.2, 0) is 13.6 Å². The normalized spacial score (nSPS) is 24.7. The number of nitrogens with one attached hydrogen (secondary N) is 2. The zero-order chi connectivity index (χ0) is 17.2. The molecule has 1 aromatic rings. The number of halogens is 1. The molecule has 3 fully saturated rings. The van der Waals surface area contributed by atoms with Crippen molar-refractivity contribution in [1.29, 1.82) is 0 Å². The predicted molar refractivity (Wildman–Crippen MR) is 114 cm³/mol. The maximum Gasteiger partial charge on any atom is 0.192 e. The first-order chi connectivity index (χ1) is 12.2. The first-order valence-corrected chi connectivity index (χ1v) is 9.85. The highest BCUT2D eigenvalue weighted by Crippen LogP contribution is 2.26. The van der Waals surface area contributed by atoms with Gasteiger partial charge in [0, 0.05) is 38.3 Å². The molecule has 2 heterocycles. The van der Waals surface area contributed by atoms with Crippen LogP contribution in [0.4, 0.5) is 0 Å². The Morgan fingerprint density at radius 2 is 1.81 bits per heavy atom. The van der Waals surface area contributed by atoms with E-state index in [1.165, 1.54) is 51.5 Å². The van der Waals surface area contributed by atoms with Crippen LogP contribution in [0.1, 0.15) is 56.6 Å². The molecule has 3 aliphatic rings. The molecule has 1 aliphatic heterocycles. The minimum absolute atomic E-state index is 0. The Balaban J connectivity index is 0.00000196. The van der Waals surface area contributed by atoms with Gasteiger partial charge in [-0.05, 0) is 39.0 Å². The van der Waals surface area contributed by atoms with E-state index in [9.17, 15) is 0 Å². The summed E-state index contributed by atoms with van der Waals surface area (Å²) in [4.78, 5) is 7.47. The van der Waals surface area contributed by atoms with E-state index in [1.54, 1.807) is 0 Å². The third-order valence-electron chi connectivity index (χ3n) is 5.88. The summed E-state index contributed by atoms with van der Waals surface area (Å²) in [5.74, 6) is 2.78. The lowest BCUT2D eigenvalue weighted by Crippen LogP contribution is -2.46. The lowest BCUT2D eigenvalue weighted by atomic mass is 10.2. The second kappa shape index (κ2) is 8.86. The van der Waals surface area contributed by atoms with Crippen molar-refractivity contribution >= 4 is 29.9 Å². The molecule has 0 amide bonds. The van der Waals surface area contributed by atoms with Crippen LogP contribution >= 0.6 is 24.0 Å². The summed E-state index contributed by atoms with van der Waals surface area (Å²) < 4.78 is 2.01. The second-order valence-corrected chi connectivity index (χ2v) is 7.87. The Morgan fingerprint density at radius 3 is 2.46 bits per heavy atom. The fourth-order valence-electron chi connectivity index (χ4n) is 3.99. The summed E-state index contributed by atoms with van der Waals surface area (Å²) in [6.45, 7) is 4.91. The maximum absolute atomic E-state index is 4.79. The first-order valence-electron chi connectivity index (χ1n) is 9.85. The number of guanidine groups is 1. The maximum atomic E-state index is 4.79. The van der Waals surface area contributed by atoms with E-state index in [0.29, 0.717) is 18.6 Å². The van der Waals surface area contributed by atoms with Crippen LogP contribution in [0.5, 0.6) is 0 Å². The molecule has 2 N–H and O–H groups in total. The molecule has 1 atom stereocenters. The molecule has 1 saturated heterocycles. The van der Waals surface area contributed by atoms with Gasteiger partial charge in [-0.2, -0.15) is 0 Å². The van der Waals surface area contributed by atoms with Crippen molar-refractivity contribution < 1.29 is 0 Å². The van der Waals surface area contributed by atoms with Crippen molar-refractivity contribution in [2.45, 2.75) is 76.5 Å². The summed E-state index contributed by atoms with van der Waals surface area (Å²) in [7, 11) is 2.00. The van der Waals surface area contributed by atoms with E-state index in [0.717, 1.165) is 30.2 Å². The first kappa shape index (κ1) is 19.9. The highest BCUT2D eigenvalue weighted by Gasteiger charge is 2.31. The standard InChI is InChI=1S/C18H31N7.HI/c1-13-22-23-17(24(13)2)11-19-18(20-14-7-8-14)21-15-9-10-25(12-15)16-5-3-4-6-16;/h14-16H,3-12H2,1-2H3,(H2,19,20,21);1H. The van der Waals surface area contributed by atoms with Crippen LogP contribution in [0.3, 0.4) is 0 Å². The van der Waals surface area contributed by atoms with Crippen molar-refractivity contribution in [3.63, 3.8) is 0 Å². The smallest absolute Gasteiger partial charge is 0.192 e. The van der Waals surface area contributed by atoms with Gasteiger partial charge in [0.1, 0.15) is 12.4 Å². The number of aliphatic imine (C=N–C) groups is 1. The molecule has 7 nitrogen and oxygen atoms in total. The van der Waals surface area contributed by atoms with Gasteiger partial charge in [-0.3, -0.25) is 4.90 Å². The van der Waals surface area contributed by atoms with E-state index in [2.05, 4.69) is 25.7 Å². The molecule has 0 bridgehead atoms. The molecule has 146 valence electrons. The number of likely N-dealkylation sites (tertiary alicyclic amines) is 1. The van der Waals surface area contributed by atoms with Crippen molar-refractivity contribution in [2.75, 3.05) is 13.1 Å².